The van der Waals surface area contributed by atoms with E-state index in [1.54, 1.807) is 0 Å². The van der Waals surface area contributed by atoms with Crippen LogP contribution in [0.25, 0.3) is 0 Å². The molecule has 0 heterocycles. The highest BCUT2D eigenvalue weighted by Crippen LogP contribution is 2.25. The number of halogens is 2. The minimum atomic E-state index is -1.23. The first-order valence-electron chi connectivity index (χ1n) is 5.71. The normalized spacial score (nSPS) is 10.2. The number of carbonyl (C=O) groups excluding carboxylic acids is 1. The second-order valence-corrected chi connectivity index (χ2v) is 4.98. The summed E-state index contributed by atoms with van der Waals surface area (Å²) in [7, 11) is 0. The van der Waals surface area contributed by atoms with Crippen molar-refractivity contribution in [3.05, 3.63) is 57.6 Å². The Morgan fingerprint density at radius 3 is 2.14 bits per heavy atom. The number of carbonyl (C=O) groups is 2. The number of benzene rings is 2. The summed E-state index contributed by atoms with van der Waals surface area (Å²) < 4.78 is 0. The lowest BCUT2D eigenvalue weighted by Gasteiger charge is -2.10. The molecule has 0 fully saturated rings. The van der Waals surface area contributed by atoms with Gasteiger partial charge >= 0.3 is 5.97 Å². The molecule has 108 valence electrons. The van der Waals surface area contributed by atoms with Gasteiger partial charge in [-0.15, -0.1) is 0 Å². The van der Waals surface area contributed by atoms with E-state index in [4.69, 9.17) is 28.3 Å². The van der Waals surface area contributed by atoms with Crippen LogP contribution in [0.1, 0.15) is 20.7 Å². The van der Waals surface area contributed by atoms with Crippen molar-refractivity contribution in [3.63, 3.8) is 0 Å². The zero-order valence-electron chi connectivity index (χ0n) is 10.4. The highest BCUT2D eigenvalue weighted by Gasteiger charge is 2.16. The Bertz CT molecular complexity index is 731. The van der Waals surface area contributed by atoms with Gasteiger partial charge in [-0.3, -0.25) is 4.79 Å². The number of aromatic carboxylic acids is 1. The smallest absolute Gasteiger partial charge is 0.337 e. The number of carboxylic acids is 1. The van der Waals surface area contributed by atoms with Gasteiger partial charge in [0.25, 0.3) is 5.91 Å². The summed E-state index contributed by atoms with van der Waals surface area (Å²) in [5.74, 6) is -2.18. The molecule has 0 saturated carbocycles. The summed E-state index contributed by atoms with van der Waals surface area (Å²) in [6.45, 7) is 0. The molecule has 0 saturated heterocycles. The molecule has 0 bridgehead atoms. The predicted octanol–water partition coefficient (Wildman–Crippen LogP) is 3.65. The zero-order chi connectivity index (χ0) is 15.6. The first kappa shape index (κ1) is 15.2. The number of anilines is 1. The SMILES string of the molecule is O=C(Nc1ccc(Cl)cc1C(=O)O)c1cc(Cl)ccc1O. The second kappa shape index (κ2) is 6.03. The van der Waals surface area contributed by atoms with E-state index in [9.17, 15) is 14.7 Å². The fourth-order valence-corrected chi connectivity index (χ4v) is 2.03. The number of aromatic hydroxyl groups is 1. The number of phenols is 1. The number of amides is 1. The van der Waals surface area contributed by atoms with Crippen LogP contribution in [-0.2, 0) is 0 Å². The second-order valence-electron chi connectivity index (χ2n) is 4.11. The molecule has 0 unspecified atom stereocenters. The van der Waals surface area contributed by atoms with Gasteiger partial charge in [-0.25, -0.2) is 4.79 Å². The van der Waals surface area contributed by atoms with Crippen molar-refractivity contribution in [1.82, 2.24) is 0 Å². The van der Waals surface area contributed by atoms with E-state index >= 15 is 0 Å². The third kappa shape index (κ3) is 3.45. The average molecular weight is 326 g/mol. The molecule has 7 heteroatoms. The first-order chi connectivity index (χ1) is 9.88. The fourth-order valence-electron chi connectivity index (χ4n) is 1.68. The van der Waals surface area contributed by atoms with Gasteiger partial charge in [0.1, 0.15) is 5.75 Å². The summed E-state index contributed by atoms with van der Waals surface area (Å²) >= 11 is 11.5. The zero-order valence-corrected chi connectivity index (χ0v) is 11.9. The Hall–Kier alpha value is -2.24. The van der Waals surface area contributed by atoms with Crippen molar-refractivity contribution in [2.24, 2.45) is 0 Å². The fraction of sp³-hybridized carbons (Fsp3) is 0. The minimum absolute atomic E-state index is 0.0613. The maximum absolute atomic E-state index is 12.1. The van der Waals surface area contributed by atoms with Gasteiger partial charge in [0, 0.05) is 10.0 Å². The molecule has 0 radical (unpaired) electrons. The summed E-state index contributed by atoms with van der Waals surface area (Å²) in [6.07, 6.45) is 0. The molecule has 5 nitrogen and oxygen atoms in total. The lowest BCUT2D eigenvalue weighted by atomic mass is 10.1. The van der Waals surface area contributed by atoms with Crippen LogP contribution in [0.2, 0.25) is 10.0 Å². The molecule has 2 aromatic carbocycles. The van der Waals surface area contributed by atoms with E-state index in [1.807, 2.05) is 0 Å². The van der Waals surface area contributed by atoms with Crippen molar-refractivity contribution >= 4 is 40.8 Å². The molecule has 21 heavy (non-hydrogen) atoms. The van der Waals surface area contributed by atoms with Crippen LogP contribution in [0.4, 0.5) is 5.69 Å². The number of nitrogens with one attached hydrogen (secondary N) is 1. The van der Waals surface area contributed by atoms with E-state index < -0.39 is 11.9 Å². The van der Waals surface area contributed by atoms with E-state index in [1.165, 1.54) is 36.4 Å². The molecule has 0 aromatic heterocycles. The summed E-state index contributed by atoms with van der Waals surface area (Å²) in [4.78, 5) is 23.2. The summed E-state index contributed by atoms with van der Waals surface area (Å²) in [6, 6.07) is 8.02. The Morgan fingerprint density at radius 2 is 1.52 bits per heavy atom. The minimum Gasteiger partial charge on any atom is -0.507 e. The van der Waals surface area contributed by atoms with E-state index in [0.717, 1.165) is 0 Å². The van der Waals surface area contributed by atoms with Crippen molar-refractivity contribution in [1.29, 1.82) is 0 Å². The van der Waals surface area contributed by atoms with E-state index in [0.29, 0.717) is 0 Å². The number of phenolic OH excluding ortho intramolecular Hbond substituents is 1. The predicted molar refractivity (Wildman–Crippen MR) is 79.5 cm³/mol. The lowest BCUT2D eigenvalue weighted by molar-refractivity contribution is 0.0698. The number of hydrogen-bond acceptors (Lipinski definition) is 3. The highest BCUT2D eigenvalue weighted by molar-refractivity contribution is 6.31. The third-order valence-corrected chi connectivity index (χ3v) is 3.13. The van der Waals surface area contributed by atoms with Crippen LogP contribution in [0, 0.1) is 0 Å². The van der Waals surface area contributed by atoms with Gasteiger partial charge in [0.05, 0.1) is 16.8 Å². The number of hydrogen-bond donors (Lipinski definition) is 3. The van der Waals surface area contributed by atoms with Gasteiger partial charge in [-0.2, -0.15) is 0 Å². The first-order valence-corrected chi connectivity index (χ1v) is 6.47. The maximum Gasteiger partial charge on any atom is 0.337 e. The lowest BCUT2D eigenvalue weighted by Crippen LogP contribution is -2.15. The molecule has 0 atom stereocenters. The quantitative estimate of drug-likeness (QED) is 0.803. The van der Waals surface area contributed by atoms with Gasteiger partial charge in [0.15, 0.2) is 0 Å². The highest BCUT2D eigenvalue weighted by atomic mass is 35.5. The summed E-state index contributed by atoms with van der Waals surface area (Å²) in [5.41, 5.74) is -0.151. The third-order valence-electron chi connectivity index (χ3n) is 2.66. The van der Waals surface area contributed by atoms with Crippen LogP contribution in [-0.4, -0.2) is 22.1 Å². The van der Waals surface area contributed by atoms with E-state index in [-0.39, 0.29) is 32.6 Å². The Morgan fingerprint density at radius 1 is 0.952 bits per heavy atom. The van der Waals surface area contributed by atoms with Crippen molar-refractivity contribution in [3.8, 4) is 5.75 Å². The molecule has 1 amide bonds. The van der Waals surface area contributed by atoms with Crippen molar-refractivity contribution in [2.45, 2.75) is 0 Å². The molecule has 2 rings (SSSR count). The van der Waals surface area contributed by atoms with Crippen LogP contribution in [0.3, 0.4) is 0 Å². The van der Waals surface area contributed by atoms with Gasteiger partial charge in [-0.1, -0.05) is 23.2 Å². The largest absolute Gasteiger partial charge is 0.507 e. The number of carboxylic acid groups (broad SMARTS) is 1. The molecule has 0 aliphatic heterocycles. The monoisotopic (exact) mass is 325 g/mol. The topological polar surface area (TPSA) is 86.6 Å². The van der Waals surface area contributed by atoms with E-state index in [2.05, 4.69) is 5.32 Å². The molecule has 0 aliphatic carbocycles. The molecule has 0 spiro atoms. The van der Waals surface area contributed by atoms with Crippen molar-refractivity contribution < 1.29 is 19.8 Å². The molecule has 3 N–H and O–H groups in total. The molecular formula is C14H9Cl2NO4. The van der Waals surface area contributed by atoms with Crippen LogP contribution in [0.5, 0.6) is 5.75 Å². The summed E-state index contributed by atoms with van der Waals surface area (Å²) in [5, 5.41) is 21.7. The van der Waals surface area contributed by atoms with Crippen LogP contribution in [0.15, 0.2) is 36.4 Å². The Labute approximate surface area is 129 Å². The van der Waals surface area contributed by atoms with Crippen LogP contribution >= 0.6 is 23.2 Å². The molecule has 0 aliphatic rings. The average Bonchev–Trinajstić information content (AvgIpc) is 2.43. The van der Waals surface area contributed by atoms with Gasteiger partial charge in [-0.05, 0) is 36.4 Å². The van der Waals surface area contributed by atoms with Crippen molar-refractivity contribution in [2.75, 3.05) is 5.32 Å². The Kier molecular flexibility index (Phi) is 4.35. The maximum atomic E-state index is 12.1. The molecule has 2 aromatic rings. The van der Waals surface area contributed by atoms with Gasteiger partial charge in [0.2, 0.25) is 0 Å². The van der Waals surface area contributed by atoms with Crippen LogP contribution < -0.4 is 5.32 Å². The van der Waals surface area contributed by atoms with Gasteiger partial charge < -0.3 is 15.5 Å². The standard InChI is InChI=1S/C14H9Cl2NO4/c15-7-1-3-11(9(5-7)14(20)21)17-13(19)10-6-8(16)2-4-12(10)18/h1-6,18H,(H,17,19)(H,20,21). The number of rotatable bonds is 3. The molecular weight excluding hydrogens is 317 g/mol. The Balaban J connectivity index is 2.36.